The van der Waals surface area contributed by atoms with Gasteiger partial charge in [0.05, 0.1) is 6.04 Å². The lowest BCUT2D eigenvalue weighted by Crippen LogP contribution is -2.07. The maximum absolute atomic E-state index is 6.05. The van der Waals surface area contributed by atoms with E-state index in [1.165, 1.54) is 25.9 Å². The Labute approximate surface area is 132 Å². The summed E-state index contributed by atoms with van der Waals surface area (Å²) in [4.78, 5) is 0. The summed E-state index contributed by atoms with van der Waals surface area (Å²) < 4.78 is 1.30. The van der Waals surface area contributed by atoms with Crippen LogP contribution in [0.5, 0.6) is 0 Å². The average Bonchev–Trinajstić information content (AvgIpc) is 2.76. The predicted molar refractivity (Wildman–Crippen MR) is 90.0 cm³/mol. The molecule has 3 heteroatoms. The standard InChI is InChI=1S/C16H15ClIN/c1-10-2-5-13(9-15(10)18)19-16-7-3-11-8-12(17)4-6-14(11)16/h2,4-6,8-9,16,19H,3,7H2,1H3. The van der Waals surface area contributed by atoms with Gasteiger partial charge in [-0.15, -0.1) is 0 Å². The van der Waals surface area contributed by atoms with Crippen molar-refractivity contribution in [3.63, 3.8) is 0 Å². The maximum Gasteiger partial charge on any atom is 0.0519 e. The fourth-order valence-electron chi connectivity index (χ4n) is 2.62. The molecule has 19 heavy (non-hydrogen) atoms. The lowest BCUT2D eigenvalue weighted by molar-refractivity contribution is 0.762. The van der Waals surface area contributed by atoms with Gasteiger partial charge in [0.1, 0.15) is 0 Å². The normalized spacial score (nSPS) is 17.3. The van der Waals surface area contributed by atoms with E-state index in [-0.39, 0.29) is 0 Å². The van der Waals surface area contributed by atoms with E-state index in [1.54, 1.807) is 0 Å². The van der Waals surface area contributed by atoms with Gasteiger partial charge in [-0.2, -0.15) is 0 Å². The summed E-state index contributed by atoms with van der Waals surface area (Å²) in [5.74, 6) is 0. The Bertz CT molecular complexity index is 624. The number of nitrogens with one attached hydrogen (secondary N) is 1. The second-order valence-corrected chi connectivity index (χ2v) is 6.64. The average molecular weight is 384 g/mol. The van der Waals surface area contributed by atoms with Crippen LogP contribution in [0.15, 0.2) is 36.4 Å². The molecule has 1 aliphatic rings. The van der Waals surface area contributed by atoms with E-state index in [0.29, 0.717) is 6.04 Å². The van der Waals surface area contributed by atoms with Crippen LogP contribution in [0.25, 0.3) is 0 Å². The summed E-state index contributed by atoms with van der Waals surface area (Å²) in [5, 5.41) is 4.47. The molecule has 1 N–H and O–H groups in total. The third-order valence-corrected chi connectivity index (χ3v) is 5.09. The van der Waals surface area contributed by atoms with Gasteiger partial charge >= 0.3 is 0 Å². The van der Waals surface area contributed by atoms with Crippen LogP contribution >= 0.6 is 34.2 Å². The van der Waals surface area contributed by atoms with E-state index in [0.717, 1.165) is 17.9 Å². The molecular formula is C16H15ClIN. The van der Waals surface area contributed by atoms with E-state index < -0.39 is 0 Å². The molecule has 1 aliphatic carbocycles. The Morgan fingerprint density at radius 2 is 2.05 bits per heavy atom. The van der Waals surface area contributed by atoms with Crippen LogP contribution in [0.3, 0.4) is 0 Å². The highest BCUT2D eigenvalue weighted by atomic mass is 127. The van der Waals surface area contributed by atoms with Crippen LogP contribution in [0.1, 0.15) is 29.2 Å². The molecule has 2 aromatic rings. The third-order valence-electron chi connectivity index (χ3n) is 3.70. The number of hydrogen-bond donors (Lipinski definition) is 1. The quantitative estimate of drug-likeness (QED) is 0.689. The van der Waals surface area contributed by atoms with E-state index in [9.17, 15) is 0 Å². The first kappa shape index (κ1) is 13.3. The first-order valence-corrected chi connectivity index (χ1v) is 7.90. The molecule has 0 aromatic heterocycles. The van der Waals surface area contributed by atoms with Crippen molar-refractivity contribution in [2.24, 2.45) is 0 Å². The minimum absolute atomic E-state index is 0.408. The zero-order valence-electron chi connectivity index (χ0n) is 10.7. The second-order valence-electron chi connectivity index (χ2n) is 5.04. The van der Waals surface area contributed by atoms with Crippen LogP contribution in [-0.4, -0.2) is 0 Å². The summed E-state index contributed by atoms with van der Waals surface area (Å²) in [6, 6.07) is 13.2. The van der Waals surface area contributed by atoms with Gasteiger partial charge in [0.25, 0.3) is 0 Å². The molecule has 0 saturated heterocycles. The number of fused-ring (bicyclic) bond motifs is 1. The van der Waals surface area contributed by atoms with Crippen LogP contribution in [-0.2, 0) is 6.42 Å². The number of hydrogen-bond acceptors (Lipinski definition) is 1. The molecule has 1 nitrogen and oxygen atoms in total. The Morgan fingerprint density at radius 3 is 2.84 bits per heavy atom. The molecule has 3 rings (SSSR count). The molecule has 0 spiro atoms. The molecule has 2 aromatic carbocycles. The van der Waals surface area contributed by atoms with Gasteiger partial charge in [0.2, 0.25) is 0 Å². The molecule has 0 amide bonds. The summed E-state index contributed by atoms with van der Waals surface area (Å²) in [6.45, 7) is 2.14. The summed E-state index contributed by atoms with van der Waals surface area (Å²) in [6.07, 6.45) is 2.25. The van der Waals surface area contributed by atoms with Gasteiger partial charge in [-0.05, 0) is 83.3 Å². The summed E-state index contributed by atoms with van der Waals surface area (Å²) in [5.41, 5.74) is 5.29. The topological polar surface area (TPSA) is 12.0 Å². The van der Waals surface area contributed by atoms with Crippen molar-refractivity contribution >= 4 is 39.9 Å². The zero-order valence-corrected chi connectivity index (χ0v) is 13.6. The van der Waals surface area contributed by atoms with Crippen LogP contribution < -0.4 is 5.32 Å². The molecule has 1 unspecified atom stereocenters. The van der Waals surface area contributed by atoms with E-state index in [4.69, 9.17) is 11.6 Å². The molecular weight excluding hydrogens is 369 g/mol. The molecule has 0 heterocycles. The van der Waals surface area contributed by atoms with Crippen molar-refractivity contribution in [2.75, 3.05) is 5.32 Å². The fourth-order valence-corrected chi connectivity index (χ4v) is 3.33. The highest BCUT2D eigenvalue weighted by molar-refractivity contribution is 14.1. The Morgan fingerprint density at radius 1 is 1.21 bits per heavy atom. The van der Waals surface area contributed by atoms with Crippen LogP contribution in [0.2, 0.25) is 5.02 Å². The van der Waals surface area contributed by atoms with Crippen LogP contribution in [0, 0.1) is 10.5 Å². The molecule has 0 radical (unpaired) electrons. The van der Waals surface area contributed by atoms with Crippen molar-refractivity contribution in [1.82, 2.24) is 0 Å². The SMILES string of the molecule is Cc1ccc(NC2CCc3cc(Cl)ccc32)cc1I. The van der Waals surface area contributed by atoms with Crippen molar-refractivity contribution in [3.05, 3.63) is 61.7 Å². The van der Waals surface area contributed by atoms with Crippen molar-refractivity contribution < 1.29 is 0 Å². The lowest BCUT2D eigenvalue weighted by atomic mass is 10.1. The van der Waals surface area contributed by atoms with Crippen molar-refractivity contribution in [1.29, 1.82) is 0 Å². The highest BCUT2D eigenvalue weighted by Gasteiger charge is 2.22. The summed E-state index contributed by atoms with van der Waals surface area (Å²) >= 11 is 8.43. The number of anilines is 1. The Kier molecular flexibility index (Phi) is 3.72. The van der Waals surface area contributed by atoms with Gasteiger partial charge in [0.15, 0.2) is 0 Å². The largest absolute Gasteiger partial charge is 0.378 e. The molecule has 0 fully saturated rings. The lowest BCUT2D eigenvalue weighted by Gasteiger charge is -2.16. The molecule has 98 valence electrons. The van der Waals surface area contributed by atoms with Crippen molar-refractivity contribution in [2.45, 2.75) is 25.8 Å². The Hall–Kier alpha value is -0.740. The Balaban J connectivity index is 1.84. The third kappa shape index (κ3) is 2.75. The van der Waals surface area contributed by atoms with Gasteiger partial charge in [-0.3, -0.25) is 0 Å². The van der Waals surface area contributed by atoms with Gasteiger partial charge in [-0.25, -0.2) is 0 Å². The number of halogens is 2. The second kappa shape index (κ2) is 5.33. The first-order chi connectivity index (χ1) is 9.13. The molecule has 1 atom stereocenters. The molecule has 0 aliphatic heterocycles. The monoisotopic (exact) mass is 383 g/mol. The number of rotatable bonds is 2. The predicted octanol–water partition coefficient (Wildman–Crippen LogP) is 5.35. The maximum atomic E-state index is 6.05. The summed E-state index contributed by atoms with van der Waals surface area (Å²) in [7, 11) is 0. The highest BCUT2D eigenvalue weighted by Crippen LogP contribution is 2.35. The van der Waals surface area contributed by atoms with Gasteiger partial charge in [-0.1, -0.05) is 23.7 Å². The fraction of sp³-hybridized carbons (Fsp3) is 0.250. The van der Waals surface area contributed by atoms with Crippen LogP contribution in [0.4, 0.5) is 5.69 Å². The first-order valence-electron chi connectivity index (χ1n) is 6.44. The smallest absolute Gasteiger partial charge is 0.0519 e. The van der Waals surface area contributed by atoms with E-state index in [1.807, 2.05) is 6.07 Å². The van der Waals surface area contributed by atoms with E-state index >= 15 is 0 Å². The number of benzene rings is 2. The molecule has 0 bridgehead atoms. The zero-order chi connectivity index (χ0) is 13.4. The minimum Gasteiger partial charge on any atom is -0.378 e. The van der Waals surface area contributed by atoms with Crippen molar-refractivity contribution in [3.8, 4) is 0 Å². The minimum atomic E-state index is 0.408. The molecule has 0 saturated carbocycles. The number of aryl methyl sites for hydroxylation is 2. The van der Waals surface area contributed by atoms with E-state index in [2.05, 4.69) is 65.2 Å². The van der Waals surface area contributed by atoms with Gasteiger partial charge in [0, 0.05) is 14.3 Å². The van der Waals surface area contributed by atoms with Gasteiger partial charge < -0.3 is 5.32 Å².